The van der Waals surface area contributed by atoms with Crippen molar-refractivity contribution in [3.8, 4) is 0 Å². The van der Waals surface area contributed by atoms with Crippen LogP contribution in [0.5, 0.6) is 0 Å². The molecule has 1 aliphatic carbocycles. The molecule has 1 saturated heterocycles. The molecular formula is C10H18N2O. The van der Waals surface area contributed by atoms with Gasteiger partial charge in [-0.1, -0.05) is 11.6 Å². The lowest BCUT2D eigenvalue weighted by Crippen LogP contribution is -2.41. The van der Waals surface area contributed by atoms with Crippen molar-refractivity contribution < 1.29 is 5.21 Å². The van der Waals surface area contributed by atoms with E-state index in [2.05, 4.69) is 10.1 Å². The van der Waals surface area contributed by atoms with E-state index < -0.39 is 0 Å². The first-order valence-electron chi connectivity index (χ1n) is 5.36. The van der Waals surface area contributed by atoms with E-state index in [-0.39, 0.29) is 0 Å². The molecule has 2 fully saturated rings. The zero-order valence-electron chi connectivity index (χ0n) is 8.08. The van der Waals surface area contributed by atoms with Crippen LogP contribution < -0.4 is 0 Å². The van der Waals surface area contributed by atoms with E-state index in [9.17, 15) is 0 Å². The Labute approximate surface area is 79.4 Å². The molecule has 0 amide bonds. The Bertz CT molecular complexity index is 197. The van der Waals surface area contributed by atoms with E-state index in [1.165, 1.54) is 45.2 Å². The smallest absolute Gasteiger partial charge is 0.0742 e. The van der Waals surface area contributed by atoms with Crippen molar-refractivity contribution in [1.82, 2.24) is 4.90 Å². The van der Waals surface area contributed by atoms with Crippen molar-refractivity contribution in [3.63, 3.8) is 0 Å². The van der Waals surface area contributed by atoms with Crippen LogP contribution in [0.15, 0.2) is 5.16 Å². The molecule has 0 aromatic heterocycles. The topological polar surface area (TPSA) is 35.8 Å². The predicted octanol–water partition coefficient (Wildman–Crippen LogP) is 1.85. The molecular weight excluding hydrogens is 164 g/mol. The number of rotatable bonds is 1. The van der Waals surface area contributed by atoms with Crippen LogP contribution in [-0.2, 0) is 0 Å². The molecule has 0 bridgehead atoms. The second-order valence-electron chi connectivity index (χ2n) is 4.10. The third kappa shape index (κ3) is 1.85. The molecule has 2 rings (SSSR count). The third-order valence-corrected chi connectivity index (χ3v) is 3.25. The summed E-state index contributed by atoms with van der Waals surface area (Å²) in [6, 6.07) is 0.459. The molecule has 1 N–H and O–H groups in total. The summed E-state index contributed by atoms with van der Waals surface area (Å²) in [6.07, 6.45) is 7.31. The van der Waals surface area contributed by atoms with Crippen LogP contribution in [0.3, 0.4) is 0 Å². The SMILES string of the molecule is O/N=C1/CCCCC1N1CCCC1. The van der Waals surface area contributed by atoms with Gasteiger partial charge in [-0.2, -0.15) is 0 Å². The highest BCUT2D eigenvalue weighted by atomic mass is 16.4. The summed E-state index contributed by atoms with van der Waals surface area (Å²) in [5, 5.41) is 12.3. The fraction of sp³-hybridized carbons (Fsp3) is 0.900. The van der Waals surface area contributed by atoms with Crippen LogP contribution in [0.1, 0.15) is 38.5 Å². The summed E-state index contributed by atoms with van der Waals surface area (Å²) < 4.78 is 0. The van der Waals surface area contributed by atoms with Gasteiger partial charge in [0, 0.05) is 0 Å². The minimum absolute atomic E-state index is 0.459. The van der Waals surface area contributed by atoms with Gasteiger partial charge in [-0.25, -0.2) is 0 Å². The summed E-state index contributed by atoms with van der Waals surface area (Å²) in [5.41, 5.74) is 1.02. The maximum absolute atomic E-state index is 8.88. The quantitative estimate of drug-likeness (QED) is 0.496. The van der Waals surface area contributed by atoms with Crippen LogP contribution in [-0.4, -0.2) is 35.0 Å². The number of hydrogen-bond acceptors (Lipinski definition) is 3. The van der Waals surface area contributed by atoms with Crippen molar-refractivity contribution in [2.45, 2.75) is 44.6 Å². The van der Waals surface area contributed by atoms with Crippen molar-refractivity contribution in [3.05, 3.63) is 0 Å². The predicted molar refractivity (Wildman–Crippen MR) is 52.3 cm³/mol. The molecule has 74 valence electrons. The second-order valence-corrected chi connectivity index (χ2v) is 4.10. The van der Waals surface area contributed by atoms with Crippen molar-refractivity contribution in [2.75, 3.05) is 13.1 Å². The Morgan fingerprint density at radius 2 is 1.92 bits per heavy atom. The first-order valence-corrected chi connectivity index (χ1v) is 5.36. The molecule has 3 heteroatoms. The summed E-state index contributed by atoms with van der Waals surface area (Å²) in [7, 11) is 0. The molecule has 1 atom stereocenters. The van der Waals surface area contributed by atoms with Gasteiger partial charge in [-0.05, 0) is 45.2 Å². The maximum Gasteiger partial charge on any atom is 0.0742 e. The standard InChI is InChI=1S/C10H18N2O/c13-11-9-5-1-2-6-10(9)12-7-3-4-8-12/h10,13H,1-8H2/b11-9-. The molecule has 1 saturated carbocycles. The maximum atomic E-state index is 8.88. The van der Waals surface area contributed by atoms with Crippen LogP contribution in [0, 0.1) is 0 Å². The summed E-state index contributed by atoms with van der Waals surface area (Å²) in [4.78, 5) is 2.48. The van der Waals surface area contributed by atoms with E-state index >= 15 is 0 Å². The van der Waals surface area contributed by atoms with E-state index in [1.807, 2.05) is 0 Å². The van der Waals surface area contributed by atoms with Gasteiger partial charge in [0.15, 0.2) is 0 Å². The highest BCUT2D eigenvalue weighted by Crippen LogP contribution is 2.23. The van der Waals surface area contributed by atoms with E-state index in [0.717, 1.165) is 12.1 Å². The Morgan fingerprint density at radius 1 is 1.15 bits per heavy atom. The van der Waals surface area contributed by atoms with Crippen molar-refractivity contribution >= 4 is 5.71 Å². The van der Waals surface area contributed by atoms with Gasteiger partial charge in [0.05, 0.1) is 11.8 Å². The average molecular weight is 182 g/mol. The second kappa shape index (κ2) is 4.09. The van der Waals surface area contributed by atoms with E-state index in [0.29, 0.717) is 6.04 Å². The molecule has 0 radical (unpaired) electrons. The Balaban J connectivity index is 2.01. The number of oxime groups is 1. The zero-order chi connectivity index (χ0) is 9.10. The van der Waals surface area contributed by atoms with Gasteiger partial charge in [-0.3, -0.25) is 4.90 Å². The minimum Gasteiger partial charge on any atom is -0.411 e. The van der Waals surface area contributed by atoms with Gasteiger partial charge in [0.2, 0.25) is 0 Å². The fourth-order valence-corrected chi connectivity index (χ4v) is 2.54. The van der Waals surface area contributed by atoms with Crippen LogP contribution in [0.4, 0.5) is 0 Å². The monoisotopic (exact) mass is 182 g/mol. The largest absolute Gasteiger partial charge is 0.411 e. The molecule has 1 unspecified atom stereocenters. The Hall–Kier alpha value is -0.570. The highest BCUT2D eigenvalue weighted by Gasteiger charge is 2.28. The first-order chi connectivity index (χ1) is 6.42. The summed E-state index contributed by atoms with van der Waals surface area (Å²) in [5.74, 6) is 0. The molecule has 1 heterocycles. The van der Waals surface area contributed by atoms with Gasteiger partial charge in [0.25, 0.3) is 0 Å². The molecule has 1 aliphatic heterocycles. The number of likely N-dealkylation sites (tertiary alicyclic amines) is 1. The van der Waals surface area contributed by atoms with Gasteiger partial charge < -0.3 is 5.21 Å². The number of nitrogens with zero attached hydrogens (tertiary/aromatic N) is 2. The lowest BCUT2D eigenvalue weighted by molar-refractivity contribution is 0.253. The lowest BCUT2D eigenvalue weighted by Gasteiger charge is -2.31. The molecule has 3 nitrogen and oxygen atoms in total. The van der Waals surface area contributed by atoms with Crippen molar-refractivity contribution in [1.29, 1.82) is 0 Å². The summed E-state index contributed by atoms with van der Waals surface area (Å²) in [6.45, 7) is 2.40. The number of hydrogen-bond donors (Lipinski definition) is 1. The Morgan fingerprint density at radius 3 is 2.62 bits per heavy atom. The van der Waals surface area contributed by atoms with Gasteiger partial charge >= 0.3 is 0 Å². The molecule has 2 aliphatic rings. The van der Waals surface area contributed by atoms with Crippen LogP contribution in [0.2, 0.25) is 0 Å². The molecule has 0 aromatic carbocycles. The fourth-order valence-electron chi connectivity index (χ4n) is 2.54. The lowest BCUT2D eigenvalue weighted by atomic mass is 9.92. The van der Waals surface area contributed by atoms with Crippen LogP contribution >= 0.6 is 0 Å². The van der Waals surface area contributed by atoms with Crippen molar-refractivity contribution in [2.24, 2.45) is 5.16 Å². The minimum atomic E-state index is 0.459. The van der Waals surface area contributed by atoms with Gasteiger partial charge in [0.1, 0.15) is 0 Å². The van der Waals surface area contributed by atoms with Gasteiger partial charge in [-0.15, -0.1) is 0 Å². The average Bonchev–Trinajstić information content (AvgIpc) is 2.70. The third-order valence-electron chi connectivity index (χ3n) is 3.25. The summed E-state index contributed by atoms with van der Waals surface area (Å²) >= 11 is 0. The Kier molecular flexibility index (Phi) is 2.83. The van der Waals surface area contributed by atoms with E-state index in [4.69, 9.17) is 5.21 Å². The van der Waals surface area contributed by atoms with E-state index in [1.54, 1.807) is 0 Å². The highest BCUT2D eigenvalue weighted by molar-refractivity contribution is 5.89. The zero-order valence-corrected chi connectivity index (χ0v) is 8.08. The molecule has 13 heavy (non-hydrogen) atoms. The first kappa shape index (κ1) is 9.00. The molecule has 0 spiro atoms. The van der Waals surface area contributed by atoms with Crippen LogP contribution in [0.25, 0.3) is 0 Å². The molecule has 0 aromatic rings. The normalized spacial score (nSPS) is 34.2.